The van der Waals surface area contributed by atoms with E-state index in [1.807, 2.05) is 6.92 Å². The fourth-order valence-corrected chi connectivity index (χ4v) is 3.65. The molecule has 4 aromatic rings. The van der Waals surface area contributed by atoms with Gasteiger partial charge in [0.1, 0.15) is 18.1 Å². The van der Waals surface area contributed by atoms with Crippen LogP contribution in [-0.2, 0) is 0 Å². The van der Waals surface area contributed by atoms with Crippen molar-refractivity contribution >= 4 is 5.97 Å². The highest BCUT2D eigenvalue weighted by Crippen LogP contribution is 2.33. The van der Waals surface area contributed by atoms with Gasteiger partial charge in [-0.2, -0.15) is 0 Å². The van der Waals surface area contributed by atoms with Gasteiger partial charge in [0.15, 0.2) is 23.2 Å². The van der Waals surface area contributed by atoms with Crippen molar-refractivity contribution in [2.24, 2.45) is 0 Å². The molecule has 37 heavy (non-hydrogen) atoms. The highest BCUT2D eigenvalue weighted by molar-refractivity contribution is 5.91. The molecule has 0 atom stereocenters. The summed E-state index contributed by atoms with van der Waals surface area (Å²) in [6.45, 7) is 5.99. The largest absolute Gasteiger partial charge is 0.494 e. The Kier molecular flexibility index (Phi) is 7.93. The lowest BCUT2D eigenvalue weighted by Crippen LogP contribution is -2.09. The minimum Gasteiger partial charge on any atom is -0.494 e. The maximum absolute atomic E-state index is 15.0. The molecule has 0 radical (unpaired) electrons. The molecule has 4 rings (SSSR count). The Morgan fingerprint density at radius 3 is 1.86 bits per heavy atom. The van der Waals surface area contributed by atoms with Crippen LogP contribution in [0.3, 0.4) is 0 Å². The van der Waals surface area contributed by atoms with Crippen LogP contribution in [0, 0.1) is 17.5 Å². The molecule has 0 aromatic heterocycles. The lowest BCUT2D eigenvalue weighted by molar-refractivity contribution is 0.0734. The van der Waals surface area contributed by atoms with Gasteiger partial charge in [0.2, 0.25) is 0 Å². The zero-order valence-corrected chi connectivity index (χ0v) is 20.0. The van der Waals surface area contributed by atoms with E-state index in [1.165, 1.54) is 54.6 Å². The monoisotopic (exact) mass is 504 g/mol. The van der Waals surface area contributed by atoms with Crippen molar-refractivity contribution in [3.63, 3.8) is 0 Å². The number of rotatable bonds is 9. The van der Waals surface area contributed by atoms with E-state index in [-0.39, 0.29) is 34.8 Å². The van der Waals surface area contributed by atoms with Gasteiger partial charge in [-0.15, -0.1) is 0 Å². The second-order valence-electron chi connectivity index (χ2n) is 7.90. The van der Waals surface area contributed by atoms with Crippen LogP contribution in [0.1, 0.15) is 17.3 Å². The van der Waals surface area contributed by atoms with E-state index in [9.17, 15) is 18.0 Å². The number of ether oxygens (including phenoxy) is 3. The molecule has 0 amide bonds. The first-order valence-electron chi connectivity index (χ1n) is 11.5. The van der Waals surface area contributed by atoms with Crippen molar-refractivity contribution in [3.05, 3.63) is 115 Å². The first kappa shape index (κ1) is 25.6. The van der Waals surface area contributed by atoms with E-state index in [2.05, 4.69) is 6.58 Å². The molecule has 7 heteroatoms. The molecule has 0 heterocycles. The number of carbonyl (C=O) groups excluding carboxylic acids is 1. The summed E-state index contributed by atoms with van der Waals surface area (Å²) in [4.78, 5) is 12.4. The SMILES string of the molecule is C=CCOc1ccc(C(=O)Oc2ccc(-c3ccc(-c4ccc(OCC)cc4)c(F)c3F)cc2)cc1F. The quantitative estimate of drug-likeness (QED) is 0.134. The molecule has 0 N–H and O–H groups in total. The standard InChI is InChI=1S/C30H23F3O4/c1-3-17-36-27-16-9-21(18-26(27)31)30(34)37-23-12-7-20(8-13-23)25-15-14-24(28(32)29(25)33)19-5-10-22(11-6-19)35-4-2/h3,5-16,18H,1,4,17H2,2H3. The number of esters is 1. The first-order valence-corrected chi connectivity index (χ1v) is 11.5. The van der Waals surface area contributed by atoms with Crippen molar-refractivity contribution in [1.29, 1.82) is 0 Å². The topological polar surface area (TPSA) is 44.8 Å². The van der Waals surface area contributed by atoms with E-state index < -0.39 is 23.4 Å². The number of benzene rings is 4. The van der Waals surface area contributed by atoms with Gasteiger partial charge in [-0.3, -0.25) is 0 Å². The van der Waals surface area contributed by atoms with Crippen molar-refractivity contribution in [3.8, 4) is 39.5 Å². The predicted octanol–water partition coefficient (Wildman–Crippen LogP) is 7.62. The Morgan fingerprint density at radius 1 is 0.784 bits per heavy atom. The van der Waals surface area contributed by atoms with Gasteiger partial charge >= 0.3 is 5.97 Å². The molecule has 0 fully saturated rings. The van der Waals surface area contributed by atoms with Crippen molar-refractivity contribution in [1.82, 2.24) is 0 Å². The Labute approximate surface area is 212 Å². The van der Waals surface area contributed by atoms with Gasteiger partial charge in [-0.05, 0) is 60.5 Å². The highest BCUT2D eigenvalue weighted by Gasteiger charge is 2.17. The minimum atomic E-state index is -0.995. The van der Waals surface area contributed by atoms with Crippen LogP contribution in [0.25, 0.3) is 22.3 Å². The maximum atomic E-state index is 15.0. The summed E-state index contributed by atoms with van der Waals surface area (Å²) in [5, 5.41) is 0. The van der Waals surface area contributed by atoms with Gasteiger partial charge in [-0.1, -0.05) is 49.1 Å². The van der Waals surface area contributed by atoms with E-state index in [0.717, 1.165) is 6.07 Å². The Hall–Kier alpha value is -4.52. The Balaban J connectivity index is 1.49. The van der Waals surface area contributed by atoms with E-state index in [1.54, 1.807) is 24.3 Å². The van der Waals surface area contributed by atoms with Crippen LogP contribution in [-0.4, -0.2) is 19.2 Å². The number of halogens is 3. The molecule has 0 saturated heterocycles. The van der Waals surface area contributed by atoms with Crippen molar-refractivity contribution in [2.45, 2.75) is 6.92 Å². The van der Waals surface area contributed by atoms with Crippen LogP contribution in [0.2, 0.25) is 0 Å². The molecule has 0 spiro atoms. The Bertz CT molecular complexity index is 1410. The molecule has 0 unspecified atom stereocenters. The van der Waals surface area contributed by atoms with Gasteiger partial charge in [0.05, 0.1) is 12.2 Å². The summed E-state index contributed by atoms with van der Waals surface area (Å²) in [5.41, 5.74) is 1.09. The van der Waals surface area contributed by atoms with Crippen molar-refractivity contribution in [2.75, 3.05) is 13.2 Å². The van der Waals surface area contributed by atoms with E-state index >= 15 is 0 Å². The van der Waals surface area contributed by atoms with Crippen molar-refractivity contribution < 1.29 is 32.2 Å². The van der Waals surface area contributed by atoms with Crippen LogP contribution < -0.4 is 14.2 Å². The summed E-state index contributed by atoms with van der Waals surface area (Å²) in [6.07, 6.45) is 1.47. The number of hydrogen-bond donors (Lipinski definition) is 0. The van der Waals surface area contributed by atoms with Crippen LogP contribution in [0.4, 0.5) is 13.2 Å². The first-order chi connectivity index (χ1) is 17.9. The molecule has 0 bridgehead atoms. The lowest BCUT2D eigenvalue weighted by Gasteiger charge is -2.11. The lowest BCUT2D eigenvalue weighted by atomic mass is 9.98. The molecule has 188 valence electrons. The second-order valence-corrected chi connectivity index (χ2v) is 7.90. The summed E-state index contributed by atoms with van der Waals surface area (Å²) < 4.78 is 59.9. The van der Waals surface area contributed by atoms with Gasteiger partial charge in [-0.25, -0.2) is 18.0 Å². The molecular formula is C30H23F3O4. The van der Waals surface area contributed by atoms with Crippen LogP contribution >= 0.6 is 0 Å². The minimum absolute atomic E-state index is 0.00877. The van der Waals surface area contributed by atoms with Gasteiger partial charge in [0, 0.05) is 11.1 Å². The zero-order chi connectivity index (χ0) is 26.4. The fraction of sp³-hybridized carbons (Fsp3) is 0.100. The molecule has 0 aliphatic heterocycles. The van der Waals surface area contributed by atoms with E-state index in [4.69, 9.17) is 14.2 Å². The molecule has 0 saturated carbocycles. The van der Waals surface area contributed by atoms with Gasteiger partial charge < -0.3 is 14.2 Å². The van der Waals surface area contributed by atoms with E-state index in [0.29, 0.717) is 23.5 Å². The third kappa shape index (κ3) is 5.83. The second kappa shape index (κ2) is 11.5. The Morgan fingerprint density at radius 2 is 1.35 bits per heavy atom. The maximum Gasteiger partial charge on any atom is 0.343 e. The normalized spacial score (nSPS) is 10.6. The third-order valence-electron chi connectivity index (χ3n) is 5.46. The van der Waals surface area contributed by atoms with Gasteiger partial charge in [0.25, 0.3) is 0 Å². The molecule has 0 aliphatic rings. The molecule has 0 aliphatic carbocycles. The smallest absolute Gasteiger partial charge is 0.343 e. The fourth-order valence-electron chi connectivity index (χ4n) is 3.65. The molecule has 4 nitrogen and oxygen atoms in total. The average Bonchev–Trinajstić information content (AvgIpc) is 2.91. The zero-order valence-electron chi connectivity index (χ0n) is 20.0. The summed E-state index contributed by atoms with van der Waals surface area (Å²) >= 11 is 0. The molecule has 4 aromatic carbocycles. The summed E-state index contributed by atoms with van der Waals surface area (Å²) in [5.74, 6) is -2.66. The number of hydrogen-bond acceptors (Lipinski definition) is 4. The molecular weight excluding hydrogens is 481 g/mol. The summed E-state index contributed by atoms with van der Waals surface area (Å²) in [7, 11) is 0. The third-order valence-corrected chi connectivity index (χ3v) is 5.46. The van der Waals surface area contributed by atoms with Crippen LogP contribution in [0.5, 0.6) is 17.2 Å². The predicted molar refractivity (Wildman–Crippen MR) is 135 cm³/mol. The highest BCUT2D eigenvalue weighted by atomic mass is 19.2. The van der Waals surface area contributed by atoms with Crippen LogP contribution in [0.15, 0.2) is 91.5 Å². The number of carbonyl (C=O) groups is 1. The summed E-state index contributed by atoms with van der Waals surface area (Å²) in [6, 6.07) is 19.3. The average molecular weight is 505 g/mol.